The minimum Gasteiger partial charge on any atom is -0.748 e. The number of halogens is 17. The van der Waals surface area contributed by atoms with E-state index in [4.69, 9.17) is 0 Å². The highest BCUT2D eigenvalue weighted by Gasteiger charge is 2.36. The first-order chi connectivity index (χ1) is 31.1. The molecule has 5 rings (SSSR count). The molecule has 0 fully saturated rings. The number of unbranched alkanes of at least 4 members (excludes halogenated alkanes) is 5. The van der Waals surface area contributed by atoms with Crippen LogP contribution in [-0.2, 0) is 51.1 Å². The molecule has 0 amide bonds. The van der Waals surface area contributed by atoms with E-state index in [0.29, 0.717) is 32.8 Å². The summed E-state index contributed by atoms with van der Waals surface area (Å²) in [5.41, 5.74) is -4.37. The summed E-state index contributed by atoms with van der Waals surface area (Å²) in [5, 5.41) is 0. The molecule has 0 aromatic heterocycles. The summed E-state index contributed by atoms with van der Waals surface area (Å²) in [6.45, 7) is 2.13. The van der Waals surface area contributed by atoms with E-state index in [2.05, 4.69) is 6.92 Å². The predicted octanol–water partition coefficient (Wildman–Crippen LogP) is 7.21. The van der Waals surface area contributed by atoms with Crippen LogP contribution in [-0.4, -0.2) is 31.7 Å². The van der Waals surface area contributed by atoms with Crippen molar-refractivity contribution in [2.75, 3.05) is 5.75 Å². The first kappa shape index (κ1) is 60.5. The number of hydrogen-bond acceptors (Lipinski definition) is 6. The van der Waals surface area contributed by atoms with Gasteiger partial charge < -0.3 is 9.11 Å². The molecule has 0 radical (unpaired) electrons. The maximum absolute atomic E-state index is 12.4. The molecule has 5 aromatic carbocycles. The first-order valence-electron chi connectivity index (χ1n) is 19.2. The van der Waals surface area contributed by atoms with Gasteiger partial charge >= 0.3 is 73.3 Å². The van der Waals surface area contributed by atoms with Crippen LogP contribution >= 0.6 is 0 Å². The number of hydrogen-bond donors (Lipinski definition) is 0. The van der Waals surface area contributed by atoms with E-state index in [9.17, 15) is 91.8 Å². The fourth-order valence-corrected chi connectivity index (χ4v) is 10.6. The number of rotatable bonds is 12. The van der Waals surface area contributed by atoms with Crippen molar-refractivity contribution in [3.8, 4) is 0 Å². The largest absolute Gasteiger partial charge is 0.748 e. The zero-order valence-electron chi connectivity index (χ0n) is 34.7. The molecule has 0 atom stereocenters. The van der Waals surface area contributed by atoms with Gasteiger partial charge in [-0.1, -0.05) is 51.2 Å². The van der Waals surface area contributed by atoms with Crippen LogP contribution in [0.2, 0.25) is 0 Å². The second-order valence-electron chi connectivity index (χ2n) is 13.7. The van der Waals surface area contributed by atoms with E-state index in [1.165, 1.54) is 61.4 Å². The highest BCUT2D eigenvalue weighted by Crippen LogP contribution is 2.34. The van der Waals surface area contributed by atoms with Gasteiger partial charge in [-0.25, -0.2) is 16.8 Å². The van der Waals surface area contributed by atoms with Gasteiger partial charge in [0.05, 0.1) is 42.8 Å². The Hall–Kier alpha value is -3.67. The second-order valence-corrected chi connectivity index (χ2v) is 22.6. The first-order valence-corrected chi connectivity index (χ1v) is 26.5. The summed E-state index contributed by atoms with van der Waals surface area (Å²) in [6, 6.07) is 22.1. The van der Waals surface area contributed by atoms with E-state index >= 15 is 0 Å². The Morgan fingerprint density at radius 3 is 0.912 bits per heavy atom. The van der Waals surface area contributed by atoms with E-state index in [1.807, 2.05) is 0 Å². The maximum Gasteiger partial charge on any atom is 0.417 e. The topological polar surface area (TPSA) is 114 Å². The number of alkyl halides is 15. The molecule has 0 heterocycles. The zero-order valence-corrected chi connectivity index (χ0v) is 40.6. The minimum absolute atomic E-state index is 0.195. The van der Waals surface area contributed by atoms with Crippen LogP contribution in [0.15, 0.2) is 126 Å². The number of benzene rings is 5. The molecule has 0 N–H and O–H groups in total. The van der Waals surface area contributed by atoms with Gasteiger partial charge in [0.2, 0.25) is 0 Å². The Kier molecular flexibility index (Phi) is 23.1. The fraction of sp³-hybridized carbons (Fsp3) is 0.302. The van der Waals surface area contributed by atoms with Crippen LogP contribution in [0.1, 0.15) is 73.3 Å². The Balaban J connectivity index is 0.000000320. The van der Waals surface area contributed by atoms with Crippen LogP contribution in [0.4, 0.5) is 65.9 Å². The normalized spacial score (nSPS) is 12.4. The Morgan fingerprint density at radius 2 is 0.676 bits per heavy atom. The molecule has 0 aliphatic rings. The summed E-state index contributed by atoms with van der Waals surface area (Å²) in [7, 11) is -9.05. The summed E-state index contributed by atoms with van der Waals surface area (Å²) in [5.74, 6) is -0.195. The zero-order chi connectivity index (χ0) is 51.8. The van der Waals surface area contributed by atoms with Crippen molar-refractivity contribution in [2.24, 2.45) is 0 Å². The molecule has 0 bridgehead atoms. The van der Waals surface area contributed by atoms with Crippen molar-refractivity contribution in [3.63, 3.8) is 0 Å². The molecule has 6 nitrogen and oxygen atoms in total. The molecule has 0 spiro atoms. The molecule has 68 heavy (non-hydrogen) atoms. The smallest absolute Gasteiger partial charge is 0.417 e. The third-order valence-electron chi connectivity index (χ3n) is 8.33. The van der Waals surface area contributed by atoms with Crippen LogP contribution < -0.4 is 42.4 Å². The molecule has 0 aliphatic carbocycles. The highest BCUT2D eigenvalue weighted by atomic mass is 127. The van der Waals surface area contributed by atoms with Gasteiger partial charge in [-0.2, -0.15) is 65.9 Å². The van der Waals surface area contributed by atoms with E-state index in [1.54, 1.807) is 0 Å². The Morgan fingerprint density at radius 1 is 0.397 bits per heavy atom. The lowest BCUT2D eigenvalue weighted by Crippen LogP contribution is -3.61. The van der Waals surface area contributed by atoms with Gasteiger partial charge in [-0.3, -0.25) is 0 Å². The highest BCUT2D eigenvalue weighted by molar-refractivity contribution is 7.86. The summed E-state index contributed by atoms with van der Waals surface area (Å²) < 4.78 is 250. The van der Waals surface area contributed by atoms with Gasteiger partial charge in [-0.05, 0) is 116 Å². The molecule has 0 aliphatic heterocycles. The van der Waals surface area contributed by atoms with Gasteiger partial charge in [0, 0.05) is 5.75 Å². The third-order valence-corrected chi connectivity index (χ3v) is 15.4. The van der Waals surface area contributed by atoms with Gasteiger partial charge in [0.15, 0.2) is 14.3 Å². The quantitative estimate of drug-likeness (QED) is 0.0566. The minimum atomic E-state index is -5.09. The lowest BCUT2D eigenvalue weighted by Gasteiger charge is -2.14. The van der Waals surface area contributed by atoms with E-state index in [-0.39, 0.29) is 5.75 Å². The summed E-state index contributed by atoms with van der Waals surface area (Å²) >= 11 is -1.61. The molecule has 376 valence electrons. The average molecular weight is 1250 g/mol. The van der Waals surface area contributed by atoms with Crippen molar-refractivity contribution in [3.05, 3.63) is 163 Å². The molecule has 5 aromatic rings. The lowest BCUT2D eigenvalue weighted by atomic mass is 10.1. The molecular formula is C43H37F15I2O6S2. The monoisotopic (exact) mass is 1250 g/mol. The van der Waals surface area contributed by atoms with Gasteiger partial charge in [0.1, 0.15) is 10.1 Å². The van der Waals surface area contributed by atoms with Crippen LogP contribution in [0.25, 0.3) is 0 Å². The van der Waals surface area contributed by atoms with Gasteiger partial charge in [0.25, 0.3) is 0 Å². The SMILES string of the molecule is CCCCCCCCS(=O)(=O)[O-].FC(F)(F)c1ccc([I+]c2ccc(C(F)(F)F)cc2)cc1.FC(F)(F)c1ccc([I+]c2ccc(C(F)(F)F)cc2)cc1.O=S(=O)([O-])c1ccccc1C(F)(F)F. The van der Waals surface area contributed by atoms with Gasteiger partial charge in [-0.15, -0.1) is 0 Å². The molecule has 0 unspecified atom stereocenters. The van der Waals surface area contributed by atoms with E-state index < -0.39 is 126 Å². The third kappa shape index (κ3) is 23.3. The summed E-state index contributed by atoms with van der Waals surface area (Å²) in [6.07, 6.45) is -16.4. The standard InChI is InChI=1S/2C14H8F6I.C8H18O3S.C7H5F3O3S/c2*15-13(16,17)9-1-5-11(6-2-9)21-12-7-3-10(4-8-12)14(18,19)20;1-2-3-4-5-6-7-8-12(9,10)11;8-7(9,10)5-3-1-2-4-6(5)14(11,12)13/h2*1-8H;2-8H2,1H3,(H,9,10,11);1-4H,(H,11,12,13)/q2*+1;;/p-2. The van der Waals surface area contributed by atoms with Crippen molar-refractivity contribution in [1.82, 2.24) is 0 Å². The van der Waals surface area contributed by atoms with Crippen molar-refractivity contribution >= 4 is 20.2 Å². The van der Waals surface area contributed by atoms with Crippen LogP contribution in [0.5, 0.6) is 0 Å². The Bertz CT molecular complexity index is 2290. The van der Waals surface area contributed by atoms with Crippen LogP contribution in [0.3, 0.4) is 0 Å². The molecule has 0 saturated carbocycles. The molecule has 0 saturated heterocycles. The predicted molar refractivity (Wildman–Crippen MR) is 208 cm³/mol. The second kappa shape index (κ2) is 26.0. The van der Waals surface area contributed by atoms with E-state index in [0.717, 1.165) is 79.9 Å². The Labute approximate surface area is 402 Å². The maximum atomic E-state index is 12.4. The van der Waals surface area contributed by atoms with Crippen molar-refractivity contribution in [1.29, 1.82) is 0 Å². The summed E-state index contributed by atoms with van der Waals surface area (Å²) in [4.78, 5) is -1.24. The van der Waals surface area contributed by atoms with Crippen molar-refractivity contribution in [2.45, 2.75) is 81.2 Å². The molecule has 25 heteroatoms. The lowest BCUT2D eigenvalue weighted by molar-refractivity contribution is -0.597. The average Bonchev–Trinajstić information content (AvgIpc) is 3.21. The molecular weight excluding hydrogens is 1220 g/mol. The van der Waals surface area contributed by atoms with Crippen molar-refractivity contribution < 1.29 is 134 Å². The fourth-order valence-electron chi connectivity index (χ4n) is 5.04. The van der Waals surface area contributed by atoms with Crippen LogP contribution in [0, 0.1) is 14.3 Å².